The molecule has 0 radical (unpaired) electrons. The highest BCUT2D eigenvalue weighted by molar-refractivity contribution is 7.86. The van der Waals surface area contributed by atoms with Crippen molar-refractivity contribution in [2.24, 2.45) is 0 Å². The largest absolute Gasteiger partial charge is 0.743 e. The van der Waals surface area contributed by atoms with Crippen molar-refractivity contribution in [3.63, 3.8) is 0 Å². The molecule has 0 aromatic carbocycles. The molecule has 0 aliphatic carbocycles. The molecule has 1 aromatic rings. The fraction of sp³-hybridized carbons (Fsp3) is 0.706. The summed E-state index contributed by atoms with van der Waals surface area (Å²) in [6.07, 6.45) is 5.82. The van der Waals surface area contributed by atoms with Gasteiger partial charge in [0.2, 0.25) is 0 Å². The Morgan fingerprint density at radius 2 is 1.48 bits per heavy atom. The van der Waals surface area contributed by atoms with Crippen LogP contribution in [-0.4, -0.2) is 30.3 Å². The maximum Gasteiger partial charge on any atom is 0.461 e. The molecule has 0 unspecified atom stereocenters. The molecule has 0 fully saturated rings. The summed E-state index contributed by atoms with van der Waals surface area (Å²) in [6.45, 7) is 5.59. The number of nitrogens with zero attached hydrogens (tertiary/aromatic N) is 1. The summed E-state index contributed by atoms with van der Waals surface area (Å²) >= 11 is 0. The Morgan fingerprint density at radius 3 is 1.90 bits per heavy atom. The number of rotatable bonds is 9. The van der Waals surface area contributed by atoms with Crippen LogP contribution in [0.3, 0.4) is 0 Å². The number of hydrogen-bond donors (Lipinski definition) is 0. The summed E-state index contributed by atoms with van der Waals surface area (Å²) in [5.41, 5.74) is 1.35. The number of unbranched alkanes of at least 4 members (excludes halogenated alkanes) is 5. The summed E-state index contributed by atoms with van der Waals surface area (Å²) in [7, 11) is -7.10. The van der Waals surface area contributed by atoms with Crippen molar-refractivity contribution in [1.29, 1.82) is 0 Å². The highest BCUT2D eigenvalue weighted by Crippen LogP contribution is 2.48. The van der Waals surface area contributed by atoms with Gasteiger partial charge in [0.15, 0.2) is 22.5 Å². The quantitative estimate of drug-likeness (QED) is 0.229. The highest BCUT2D eigenvalue weighted by Gasteiger charge is 2.76. The maximum atomic E-state index is 11.8. The highest BCUT2D eigenvalue weighted by atomic mass is 32.2. The predicted octanol–water partition coefficient (Wildman–Crippen LogP) is 4.97. The van der Waals surface area contributed by atoms with Gasteiger partial charge < -0.3 is 4.55 Å². The van der Waals surface area contributed by atoms with Crippen LogP contribution >= 0.6 is 0 Å². The van der Waals surface area contributed by atoms with Gasteiger partial charge in [-0.15, -0.1) is 0 Å². The Balaban J connectivity index is 0.000000543. The molecule has 0 amide bonds. The standard InChI is InChI=1S/C14H24N.C3HF7O3S/c1-3-4-5-6-7-8-11-15-12-9-10-14(2)13-15;4-1(5,2(6,7)8)3(9,10)14(11,12)13/h9-10,12-13H,3-8,11H2,1-2H3;(H,11,12,13)/q+1;/p-1. The minimum absolute atomic E-state index is 1.17. The van der Waals surface area contributed by atoms with E-state index in [4.69, 9.17) is 0 Å². The van der Waals surface area contributed by atoms with E-state index in [1.54, 1.807) is 0 Å². The first-order valence-electron chi connectivity index (χ1n) is 8.81. The molecule has 0 N–H and O–H groups in total. The third kappa shape index (κ3) is 8.45. The number of hydrogen-bond acceptors (Lipinski definition) is 3. The van der Waals surface area contributed by atoms with Crippen LogP contribution < -0.4 is 4.57 Å². The van der Waals surface area contributed by atoms with Gasteiger partial charge in [0.05, 0.1) is 0 Å². The van der Waals surface area contributed by atoms with Crippen molar-refractivity contribution in [1.82, 2.24) is 0 Å². The van der Waals surface area contributed by atoms with Crippen molar-refractivity contribution < 1.29 is 48.3 Å². The van der Waals surface area contributed by atoms with E-state index in [-0.39, 0.29) is 0 Å². The molecule has 0 aliphatic heterocycles. The first-order valence-corrected chi connectivity index (χ1v) is 10.2. The van der Waals surface area contributed by atoms with Gasteiger partial charge in [0, 0.05) is 18.1 Å². The summed E-state index contributed by atoms with van der Waals surface area (Å²) in [6, 6.07) is 4.28. The van der Waals surface area contributed by atoms with E-state index in [1.807, 2.05) is 0 Å². The molecule has 4 nitrogen and oxygen atoms in total. The average Bonchev–Trinajstić information content (AvgIpc) is 2.56. The first kappa shape index (κ1) is 27.6. The lowest BCUT2D eigenvalue weighted by atomic mass is 10.1. The lowest BCUT2D eigenvalue weighted by Gasteiger charge is -2.29. The molecule has 0 spiro atoms. The zero-order valence-corrected chi connectivity index (χ0v) is 16.8. The Hall–Kier alpha value is -1.43. The van der Waals surface area contributed by atoms with Gasteiger partial charge in [0.1, 0.15) is 6.54 Å². The molecule has 1 heterocycles. The Bertz CT molecular complexity index is 722. The fourth-order valence-corrected chi connectivity index (χ4v) is 2.62. The van der Waals surface area contributed by atoms with E-state index in [0.717, 1.165) is 0 Å². The van der Waals surface area contributed by atoms with Gasteiger partial charge in [-0.3, -0.25) is 0 Å². The molecular formula is C17H24F7NO3S. The zero-order chi connectivity index (χ0) is 22.9. The zero-order valence-electron chi connectivity index (χ0n) is 16.0. The second-order valence-corrected chi connectivity index (χ2v) is 7.85. The van der Waals surface area contributed by atoms with Crippen LogP contribution in [-0.2, 0) is 16.7 Å². The molecular weight excluding hydrogens is 431 g/mol. The van der Waals surface area contributed by atoms with E-state index in [9.17, 15) is 43.7 Å². The van der Waals surface area contributed by atoms with Crippen LogP contribution in [0.5, 0.6) is 0 Å². The number of alkyl halides is 7. The van der Waals surface area contributed by atoms with E-state index in [1.165, 1.54) is 50.6 Å². The fourth-order valence-electron chi connectivity index (χ4n) is 2.19. The lowest BCUT2D eigenvalue weighted by molar-refractivity contribution is -0.697. The summed E-state index contributed by atoms with van der Waals surface area (Å²) in [4.78, 5) is 0. The van der Waals surface area contributed by atoms with Gasteiger partial charge in [0.25, 0.3) is 0 Å². The summed E-state index contributed by atoms with van der Waals surface area (Å²) in [5, 5.41) is -6.72. The number of halogens is 7. The molecule has 0 bridgehead atoms. The third-order valence-corrected chi connectivity index (χ3v) is 4.70. The topological polar surface area (TPSA) is 61.1 Å². The SMILES string of the molecule is CCCCCCCC[n+]1cccc(C)c1.O=S(=O)([O-])C(F)(F)C(F)(F)C(F)(F)F. The number of aromatic nitrogens is 1. The molecule has 12 heteroatoms. The van der Waals surface area contributed by atoms with Crippen molar-refractivity contribution in [2.75, 3.05) is 0 Å². The molecule has 29 heavy (non-hydrogen) atoms. The molecule has 1 rings (SSSR count). The summed E-state index contributed by atoms with van der Waals surface area (Å²) < 4.78 is 112. The van der Waals surface area contributed by atoms with Crippen LogP contribution in [0.25, 0.3) is 0 Å². The van der Waals surface area contributed by atoms with Crippen molar-refractivity contribution >= 4 is 10.1 Å². The van der Waals surface area contributed by atoms with Crippen LogP contribution in [0.1, 0.15) is 51.0 Å². The third-order valence-electron chi connectivity index (χ3n) is 3.81. The van der Waals surface area contributed by atoms with Crippen LogP contribution in [0.15, 0.2) is 24.5 Å². The van der Waals surface area contributed by atoms with E-state index in [2.05, 4.69) is 42.9 Å². The van der Waals surface area contributed by atoms with E-state index < -0.39 is 27.5 Å². The van der Waals surface area contributed by atoms with Crippen LogP contribution in [0.4, 0.5) is 30.7 Å². The number of pyridine rings is 1. The minimum Gasteiger partial charge on any atom is -0.743 e. The minimum atomic E-state index is -7.10. The van der Waals surface area contributed by atoms with E-state index in [0.29, 0.717) is 0 Å². The summed E-state index contributed by atoms with van der Waals surface area (Å²) in [5.74, 6) is -6.92. The van der Waals surface area contributed by atoms with Crippen molar-refractivity contribution in [3.8, 4) is 0 Å². The number of aryl methyl sites for hydroxylation is 2. The van der Waals surface area contributed by atoms with Crippen molar-refractivity contribution in [3.05, 3.63) is 30.1 Å². The lowest BCUT2D eigenvalue weighted by Crippen LogP contribution is -2.55. The molecule has 0 saturated carbocycles. The normalized spacial score (nSPS) is 13.0. The Labute approximate surface area is 165 Å². The predicted molar refractivity (Wildman–Crippen MR) is 90.4 cm³/mol. The molecule has 0 saturated heterocycles. The average molecular weight is 455 g/mol. The smallest absolute Gasteiger partial charge is 0.461 e. The molecule has 0 aliphatic rings. The van der Waals surface area contributed by atoms with Gasteiger partial charge in [-0.2, -0.15) is 30.7 Å². The Kier molecular flexibility index (Phi) is 10.5. The van der Waals surface area contributed by atoms with Gasteiger partial charge in [-0.1, -0.05) is 32.6 Å². The second-order valence-electron chi connectivity index (χ2n) is 6.43. The second kappa shape index (κ2) is 11.1. The molecule has 1 aromatic heterocycles. The first-order chi connectivity index (χ1) is 13.1. The molecule has 0 atom stereocenters. The van der Waals surface area contributed by atoms with Crippen molar-refractivity contribution in [2.45, 2.75) is 76.3 Å². The maximum absolute atomic E-state index is 11.8. The molecule has 170 valence electrons. The van der Waals surface area contributed by atoms with Gasteiger partial charge in [-0.25, -0.2) is 13.0 Å². The van der Waals surface area contributed by atoms with Gasteiger partial charge >= 0.3 is 17.4 Å². The monoisotopic (exact) mass is 455 g/mol. The van der Waals surface area contributed by atoms with E-state index >= 15 is 0 Å². The van der Waals surface area contributed by atoms with Crippen LogP contribution in [0, 0.1) is 6.92 Å². The Morgan fingerprint density at radius 1 is 0.966 bits per heavy atom. The van der Waals surface area contributed by atoms with Crippen LogP contribution in [0.2, 0.25) is 0 Å². The van der Waals surface area contributed by atoms with Gasteiger partial charge in [-0.05, 0) is 19.4 Å².